The van der Waals surface area contributed by atoms with Gasteiger partial charge in [0.05, 0.1) is 23.5 Å². The highest BCUT2D eigenvalue weighted by atomic mass is 35.5. The highest BCUT2D eigenvalue weighted by molar-refractivity contribution is 6.16. The fraction of sp³-hybridized carbons (Fsp3) is 0.333. The van der Waals surface area contributed by atoms with E-state index in [9.17, 15) is 0 Å². The fourth-order valence-corrected chi connectivity index (χ4v) is 1.63. The lowest BCUT2D eigenvalue weighted by Crippen LogP contribution is -1.97. The monoisotopic (exact) mass is 235 g/mol. The molecule has 0 aliphatic carbocycles. The molecule has 3 nitrogen and oxygen atoms in total. The van der Waals surface area contributed by atoms with E-state index >= 15 is 0 Å². The third-order valence-corrected chi connectivity index (χ3v) is 2.75. The molecule has 0 radical (unpaired) electrons. The molecule has 16 heavy (non-hydrogen) atoms. The molecule has 2 aromatic rings. The first-order chi connectivity index (χ1) is 7.70. The molecule has 0 amide bonds. The molecular weight excluding hydrogens is 222 g/mol. The van der Waals surface area contributed by atoms with E-state index in [-0.39, 0.29) is 0 Å². The van der Waals surface area contributed by atoms with Crippen LogP contribution in [0.3, 0.4) is 0 Å². The van der Waals surface area contributed by atoms with Crippen molar-refractivity contribution in [2.75, 3.05) is 0 Å². The quantitative estimate of drug-likeness (QED) is 0.766. The zero-order chi connectivity index (χ0) is 11.5. The van der Waals surface area contributed by atoms with E-state index in [1.165, 1.54) is 5.56 Å². The minimum absolute atomic E-state index is 0.393. The van der Waals surface area contributed by atoms with E-state index in [2.05, 4.69) is 36.3 Å². The molecule has 0 aliphatic heterocycles. The Bertz CT molecular complexity index is 477. The number of alkyl halides is 1. The molecule has 0 aliphatic rings. The van der Waals surface area contributed by atoms with Crippen LogP contribution in [-0.4, -0.2) is 15.0 Å². The lowest BCUT2D eigenvalue weighted by atomic mass is 10.0. The first kappa shape index (κ1) is 11.1. The Morgan fingerprint density at radius 1 is 1.38 bits per heavy atom. The highest BCUT2D eigenvalue weighted by Gasteiger charge is 2.04. The van der Waals surface area contributed by atoms with E-state index in [1.54, 1.807) is 4.68 Å². The maximum atomic E-state index is 5.69. The van der Waals surface area contributed by atoms with Gasteiger partial charge < -0.3 is 0 Å². The van der Waals surface area contributed by atoms with Gasteiger partial charge in [-0.3, -0.25) is 0 Å². The summed E-state index contributed by atoms with van der Waals surface area (Å²) in [5, 5.41) is 8.01. The molecule has 84 valence electrons. The number of benzene rings is 1. The van der Waals surface area contributed by atoms with Gasteiger partial charge in [-0.2, -0.15) is 0 Å². The van der Waals surface area contributed by atoms with E-state index < -0.39 is 0 Å². The standard InChI is InChI=1S/C12H14ClN3/c1-9(2)10-4-3-5-12(6-10)16-8-11(7-13)14-15-16/h3-6,8-9H,7H2,1-2H3. The fourth-order valence-electron chi connectivity index (χ4n) is 1.51. The maximum absolute atomic E-state index is 5.69. The van der Waals surface area contributed by atoms with Crippen molar-refractivity contribution < 1.29 is 0 Å². The first-order valence-electron chi connectivity index (χ1n) is 5.28. The smallest absolute Gasteiger partial charge is 0.0979 e. The van der Waals surface area contributed by atoms with Gasteiger partial charge in [0.25, 0.3) is 0 Å². The van der Waals surface area contributed by atoms with Gasteiger partial charge >= 0.3 is 0 Å². The normalized spacial score (nSPS) is 11.0. The zero-order valence-corrected chi connectivity index (χ0v) is 10.1. The van der Waals surface area contributed by atoms with Crippen LogP contribution in [0.2, 0.25) is 0 Å². The van der Waals surface area contributed by atoms with Crippen LogP contribution in [0.15, 0.2) is 30.5 Å². The predicted molar refractivity (Wildman–Crippen MR) is 65.0 cm³/mol. The largest absolute Gasteiger partial charge is 0.220 e. The van der Waals surface area contributed by atoms with Crippen molar-refractivity contribution in [2.45, 2.75) is 25.6 Å². The van der Waals surface area contributed by atoms with Gasteiger partial charge in [-0.25, -0.2) is 4.68 Å². The van der Waals surface area contributed by atoms with Crippen LogP contribution in [0.5, 0.6) is 0 Å². The number of aromatic nitrogens is 3. The summed E-state index contributed by atoms with van der Waals surface area (Å²) in [6.45, 7) is 4.34. The summed E-state index contributed by atoms with van der Waals surface area (Å²) in [4.78, 5) is 0. The van der Waals surface area contributed by atoms with Gasteiger partial charge in [-0.05, 0) is 23.6 Å². The maximum Gasteiger partial charge on any atom is 0.0979 e. The van der Waals surface area contributed by atoms with E-state index in [0.29, 0.717) is 11.8 Å². The van der Waals surface area contributed by atoms with Crippen molar-refractivity contribution in [1.82, 2.24) is 15.0 Å². The number of rotatable bonds is 3. The molecule has 0 spiro atoms. The average Bonchev–Trinajstić information content (AvgIpc) is 2.77. The lowest BCUT2D eigenvalue weighted by Gasteiger charge is -2.07. The second kappa shape index (κ2) is 4.66. The van der Waals surface area contributed by atoms with Crippen LogP contribution >= 0.6 is 11.6 Å². The molecule has 2 rings (SSSR count). The molecule has 0 unspecified atom stereocenters. The summed E-state index contributed by atoms with van der Waals surface area (Å²) in [6.07, 6.45) is 1.85. The van der Waals surface area contributed by atoms with Crippen LogP contribution in [0.4, 0.5) is 0 Å². The van der Waals surface area contributed by atoms with Crippen molar-refractivity contribution in [3.8, 4) is 5.69 Å². The number of hydrogen-bond donors (Lipinski definition) is 0. The summed E-state index contributed by atoms with van der Waals surface area (Å²) in [5.41, 5.74) is 3.10. The molecule has 0 fully saturated rings. The molecule has 0 saturated heterocycles. The molecule has 1 heterocycles. The first-order valence-corrected chi connectivity index (χ1v) is 5.81. The topological polar surface area (TPSA) is 30.7 Å². The number of nitrogens with zero attached hydrogens (tertiary/aromatic N) is 3. The molecule has 0 atom stereocenters. The molecule has 0 bridgehead atoms. The van der Waals surface area contributed by atoms with Crippen LogP contribution in [-0.2, 0) is 5.88 Å². The predicted octanol–water partition coefficient (Wildman–Crippen LogP) is 3.13. The van der Waals surface area contributed by atoms with Gasteiger partial charge in [0.15, 0.2) is 0 Å². The highest BCUT2D eigenvalue weighted by Crippen LogP contribution is 2.17. The Morgan fingerprint density at radius 3 is 2.81 bits per heavy atom. The molecule has 1 aromatic carbocycles. The minimum atomic E-state index is 0.393. The van der Waals surface area contributed by atoms with Crippen LogP contribution < -0.4 is 0 Å². The Kier molecular flexibility index (Phi) is 3.25. The van der Waals surface area contributed by atoms with Crippen LogP contribution in [0, 0.1) is 0 Å². The van der Waals surface area contributed by atoms with Gasteiger partial charge in [0, 0.05) is 0 Å². The minimum Gasteiger partial charge on any atom is -0.220 e. The van der Waals surface area contributed by atoms with E-state index in [4.69, 9.17) is 11.6 Å². The summed E-state index contributed by atoms with van der Waals surface area (Å²) in [7, 11) is 0. The third kappa shape index (κ3) is 2.25. The summed E-state index contributed by atoms with van der Waals surface area (Å²) >= 11 is 5.69. The van der Waals surface area contributed by atoms with Gasteiger partial charge in [-0.15, -0.1) is 16.7 Å². The Balaban J connectivity index is 2.36. The van der Waals surface area contributed by atoms with E-state index in [1.807, 2.05) is 18.3 Å². The van der Waals surface area contributed by atoms with Gasteiger partial charge in [0.1, 0.15) is 0 Å². The van der Waals surface area contributed by atoms with Crippen molar-refractivity contribution in [3.05, 3.63) is 41.7 Å². The van der Waals surface area contributed by atoms with Crippen LogP contribution in [0.25, 0.3) is 5.69 Å². The Labute approximate surface area is 100 Å². The Morgan fingerprint density at radius 2 is 2.19 bits per heavy atom. The van der Waals surface area contributed by atoms with Gasteiger partial charge in [0.2, 0.25) is 0 Å². The summed E-state index contributed by atoms with van der Waals surface area (Å²) in [5.74, 6) is 0.903. The zero-order valence-electron chi connectivity index (χ0n) is 9.39. The number of hydrogen-bond acceptors (Lipinski definition) is 2. The molecule has 0 N–H and O–H groups in total. The third-order valence-electron chi connectivity index (χ3n) is 2.48. The van der Waals surface area contributed by atoms with E-state index in [0.717, 1.165) is 11.4 Å². The summed E-state index contributed by atoms with van der Waals surface area (Å²) < 4.78 is 1.75. The SMILES string of the molecule is CC(C)c1cccc(-n2cc(CCl)nn2)c1. The van der Waals surface area contributed by atoms with Crippen molar-refractivity contribution in [1.29, 1.82) is 0 Å². The van der Waals surface area contributed by atoms with Crippen molar-refractivity contribution in [2.24, 2.45) is 0 Å². The van der Waals surface area contributed by atoms with Crippen molar-refractivity contribution >= 4 is 11.6 Å². The molecule has 0 saturated carbocycles. The average molecular weight is 236 g/mol. The van der Waals surface area contributed by atoms with Crippen molar-refractivity contribution in [3.63, 3.8) is 0 Å². The molecule has 1 aromatic heterocycles. The lowest BCUT2D eigenvalue weighted by molar-refractivity contribution is 0.793. The Hall–Kier alpha value is -1.35. The molecule has 4 heteroatoms. The molecular formula is C12H14ClN3. The summed E-state index contributed by atoms with van der Waals surface area (Å²) in [6, 6.07) is 8.29. The second-order valence-corrected chi connectivity index (χ2v) is 4.31. The van der Waals surface area contributed by atoms with Gasteiger partial charge in [-0.1, -0.05) is 31.2 Å². The van der Waals surface area contributed by atoms with Crippen LogP contribution in [0.1, 0.15) is 31.0 Å². The second-order valence-electron chi connectivity index (χ2n) is 4.04. The number of halogens is 1.